The third-order valence-electron chi connectivity index (χ3n) is 1.98. The van der Waals surface area contributed by atoms with Crippen LogP contribution < -0.4 is 0 Å². The second kappa shape index (κ2) is 4.67. The van der Waals surface area contributed by atoms with Crippen LogP contribution in [-0.4, -0.2) is 20.8 Å². The summed E-state index contributed by atoms with van der Waals surface area (Å²) in [5, 5.41) is 0. The van der Waals surface area contributed by atoms with Crippen molar-refractivity contribution in [3.8, 4) is 0 Å². The minimum Gasteiger partial charge on any atom is -0.193 e. The Morgan fingerprint density at radius 3 is 1.88 bits per heavy atom. The molecule has 0 heterocycles. The van der Waals surface area contributed by atoms with E-state index in [-0.39, 0.29) is 12.6 Å². The first-order valence-corrected chi connectivity index (χ1v) is 6.24. The largest absolute Gasteiger partial charge is 0.416 e. The van der Waals surface area contributed by atoms with Crippen molar-refractivity contribution in [2.75, 3.05) is 6.16 Å². The highest BCUT2D eigenvalue weighted by Gasteiger charge is 2.31. The second-order valence-corrected chi connectivity index (χ2v) is 5.19. The van der Waals surface area contributed by atoms with E-state index in [0.29, 0.717) is 5.56 Å². The standard InChI is InChI=1S/C9H11F3O3P/c10-9(11,12)8-3-1-7(2-4-8)5-6-16(13,14)15/h1-4,13-15H,5-6H2/q+1. The zero-order chi connectivity index (χ0) is 12.4. The van der Waals surface area contributed by atoms with E-state index >= 15 is 0 Å². The van der Waals surface area contributed by atoms with Gasteiger partial charge >= 0.3 is 14.1 Å². The highest BCUT2D eigenvalue weighted by molar-refractivity contribution is 7.58. The van der Waals surface area contributed by atoms with Crippen molar-refractivity contribution >= 4 is 7.94 Å². The molecule has 0 saturated heterocycles. The molecule has 0 radical (unpaired) electrons. The Hall–Kier alpha value is -0.680. The summed E-state index contributed by atoms with van der Waals surface area (Å²) in [5.74, 6) is 0. The molecule has 0 amide bonds. The van der Waals surface area contributed by atoms with E-state index in [1.54, 1.807) is 0 Å². The molecule has 0 spiro atoms. The van der Waals surface area contributed by atoms with Crippen LogP contribution in [0.15, 0.2) is 24.3 Å². The summed E-state index contributed by atoms with van der Waals surface area (Å²) in [6, 6.07) is 4.33. The van der Waals surface area contributed by atoms with Crippen molar-refractivity contribution in [1.29, 1.82) is 0 Å². The molecule has 3 nitrogen and oxygen atoms in total. The van der Waals surface area contributed by atoms with Gasteiger partial charge in [0.15, 0.2) is 0 Å². The monoisotopic (exact) mass is 255 g/mol. The molecule has 1 rings (SSSR count). The molecule has 7 heteroatoms. The average molecular weight is 255 g/mol. The van der Waals surface area contributed by atoms with Crippen molar-refractivity contribution in [2.24, 2.45) is 0 Å². The molecular weight excluding hydrogens is 244 g/mol. The number of hydrogen-bond donors (Lipinski definition) is 3. The van der Waals surface area contributed by atoms with Crippen LogP contribution in [0.4, 0.5) is 13.2 Å². The van der Waals surface area contributed by atoms with Gasteiger partial charge in [0.25, 0.3) is 0 Å². The quantitative estimate of drug-likeness (QED) is 0.724. The Morgan fingerprint density at radius 2 is 1.50 bits per heavy atom. The molecule has 0 aliphatic heterocycles. The van der Waals surface area contributed by atoms with Gasteiger partial charge in [0, 0.05) is 6.42 Å². The molecule has 0 atom stereocenters. The number of alkyl halides is 3. The summed E-state index contributed by atoms with van der Waals surface area (Å²) in [4.78, 5) is 26.1. The normalized spacial score (nSPS) is 12.9. The predicted molar refractivity (Wildman–Crippen MR) is 53.6 cm³/mol. The van der Waals surface area contributed by atoms with Crippen molar-refractivity contribution < 1.29 is 27.9 Å². The summed E-state index contributed by atoms with van der Waals surface area (Å²) in [5.41, 5.74) is -0.246. The van der Waals surface area contributed by atoms with Gasteiger partial charge in [-0.25, -0.2) is 0 Å². The van der Waals surface area contributed by atoms with Gasteiger partial charge in [-0.1, -0.05) is 12.1 Å². The van der Waals surface area contributed by atoms with Crippen LogP contribution in [0.1, 0.15) is 11.1 Å². The summed E-state index contributed by atoms with van der Waals surface area (Å²) in [7, 11) is -3.85. The van der Waals surface area contributed by atoms with E-state index in [1.807, 2.05) is 0 Å². The van der Waals surface area contributed by atoms with Gasteiger partial charge in [-0.2, -0.15) is 27.9 Å². The average Bonchev–Trinajstić information content (AvgIpc) is 2.13. The molecule has 0 aliphatic rings. The third-order valence-corrected chi connectivity index (χ3v) is 2.81. The molecular formula is C9H11F3O3P+. The lowest BCUT2D eigenvalue weighted by atomic mass is 10.1. The van der Waals surface area contributed by atoms with Gasteiger partial charge in [-0.15, -0.1) is 0 Å². The van der Waals surface area contributed by atoms with Crippen LogP contribution in [0.3, 0.4) is 0 Å². The van der Waals surface area contributed by atoms with Gasteiger partial charge < -0.3 is 0 Å². The van der Waals surface area contributed by atoms with E-state index < -0.39 is 19.7 Å². The minimum atomic E-state index is -4.37. The molecule has 1 aromatic carbocycles. The Bertz CT molecular complexity index is 343. The van der Waals surface area contributed by atoms with Crippen LogP contribution in [-0.2, 0) is 12.6 Å². The lowest BCUT2D eigenvalue weighted by Crippen LogP contribution is -2.05. The highest BCUT2D eigenvalue weighted by Crippen LogP contribution is 2.44. The Labute approximate surface area is 90.8 Å². The van der Waals surface area contributed by atoms with E-state index in [0.717, 1.165) is 12.1 Å². The predicted octanol–water partition coefficient (Wildman–Crippen LogP) is 1.99. The fourth-order valence-electron chi connectivity index (χ4n) is 1.14. The van der Waals surface area contributed by atoms with Gasteiger partial charge in [0.2, 0.25) is 0 Å². The number of aryl methyl sites for hydroxylation is 1. The van der Waals surface area contributed by atoms with Crippen molar-refractivity contribution in [2.45, 2.75) is 12.6 Å². The fourth-order valence-corrected chi connectivity index (χ4v) is 1.70. The van der Waals surface area contributed by atoms with Crippen LogP contribution in [0.2, 0.25) is 0 Å². The lowest BCUT2D eigenvalue weighted by molar-refractivity contribution is -0.137. The molecule has 0 fully saturated rings. The summed E-state index contributed by atoms with van der Waals surface area (Å²) in [6.45, 7) is 0. The van der Waals surface area contributed by atoms with Gasteiger partial charge in [0.05, 0.1) is 5.56 Å². The van der Waals surface area contributed by atoms with Crippen LogP contribution in [0.25, 0.3) is 0 Å². The van der Waals surface area contributed by atoms with Gasteiger partial charge in [-0.05, 0) is 17.7 Å². The molecule has 16 heavy (non-hydrogen) atoms. The Kier molecular flexibility index (Phi) is 3.91. The van der Waals surface area contributed by atoms with E-state index in [4.69, 9.17) is 14.7 Å². The molecule has 90 valence electrons. The summed E-state index contributed by atoms with van der Waals surface area (Å²) >= 11 is 0. The van der Waals surface area contributed by atoms with Crippen molar-refractivity contribution in [3.63, 3.8) is 0 Å². The van der Waals surface area contributed by atoms with Crippen LogP contribution in [0.5, 0.6) is 0 Å². The molecule has 0 saturated carbocycles. The third kappa shape index (κ3) is 4.45. The molecule has 3 N–H and O–H groups in total. The lowest BCUT2D eigenvalue weighted by Gasteiger charge is -2.07. The van der Waals surface area contributed by atoms with Gasteiger partial charge in [0.1, 0.15) is 6.16 Å². The van der Waals surface area contributed by atoms with Crippen LogP contribution in [0, 0.1) is 0 Å². The Balaban J connectivity index is 2.66. The first kappa shape index (κ1) is 13.4. The summed E-state index contributed by atoms with van der Waals surface area (Å²) in [6.07, 6.45) is -4.51. The maximum absolute atomic E-state index is 12.2. The molecule has 0 aliphatic carbocycles. The first-order chi connectivity index (χ1) is 7.18. The zero-order valence-corrected chi connectivity index (χ0v) is 9.04. The number of benzene rings is 1. The van der Waals surface area contributed by atoms with Crippen LogP contribution >= 0.6 is 7.94 Å². The number of halogens is 3. The van der Waals surface area contributed by atoms with E-state index in [2.05, 4.69) is 0 Å². The number of hydrogen-bond acceptors (Lipinski definition) is 3. The second-order valence-electron chi connectivity index (χ2n) is 3.36. The molecule has 0 unspecified atom stereocenters. The molecule has 1 aromatic rings. The van der Waals surface area contributed by atoms with Gasteiger partial charge in [-0.3, -0.25) is 0 Å². The highest BCUT2D eigenvalue weighted by atomic mass is 31.2. The number of rotatable bonds is 3. The first-order valence-electron chi connectivity index (χ1n) is 4.41. The topological polar surface area (TPSA) is 60.7 Å². The summed E-state index contributed by atoms with van der Waals surface area (Å²) < 4.78 is 36.5. The van der Waals surface area contributed by atoms with E-state index in [1.165, 1.54) is 12.1 Å². The minimum absolute atomic E-state index is 0.120. The van der Waals surface area contributed by atoms with E-state index in [9.17, 15) is 13.2 Å². The zero-order valence-electron chi connectivity index (χ0n) is 8.15. The van der Waals surface area contributed by atoms with Crippen molar-refractivity contribution in [1.82, 2.24) is 0 Å². The maximum Gasteiger partial charge on any atom is 0.416 e. The maximum atomic E-state index is 12.2. The Morgan fingerprint density at radius 1 is 1.00 bits per heavy atom. The SMILES string of the molecule is O[P+](O)(O)CCc1ccc(C(F)(F)F)cc1. The van der Waals surface area contributed by atoms with Crippen molar-refractivity contribution in [3.05, 3.63) is 35.4 Å². The fraction of sp³-hybridized carbons (Fsp3) is 0.333. The molecule has 0 aromatic heterocycles. The smallest absolute Gasteiger partial charge is 0.193 e. The molecule has 0 bridgehead atoms.